The lowest BCUT2D eigenvalue weighted by Gasteiger charge is -2.45. The van der Waals surface area contributed by atoms with Gasteiger partial charge >= 0.3 is 0 Å². The molecule has 0 amide bonds. The van der Waals surface area contributed by atoms with E-state index in [4.69, 9.17) is 0 Å². The third-order valence-corrected chi connectivity index (χ3v) is 5.47. The highest BCUT2D eigenvalue weighted by atomic mass is 15.2. The van der Waals surface area contributed by atoms with Crippen LogP contribution in [0.25, 0.3) is 0 Å². The Balaban J connectivity index is 1.77. The first-order valence-corrected chi connectivity index (χ1v) is 8.86. The number of piperidine rings is 1. The van der Waals surface area contributed by atoms with E-state index < -0.39 is 0 Å². The number of hydrogen-bond acceptors (Lipinski definition) is 2. The fourth-order valence-corrected chi connectivity index (χ4v) is 4.26. The first-order chi connectivity index (χ1) is 10.3. The molecule has 0 bridgehead atoms. The summed E-state index contributed by atoms with van der Waals surface area (Å²) in [5.41, 5.74) is 4.34. The molecule has 1 aliphatic heterocycles. The number of fused-ring (bicyclic) bond motifs is 1. The predicted octanol–water partition coefficient (Wildman–Crippen LogP) is 4.26. The normalized spacial score (nSPS) is 25.7. The van der Waals surface area contributed by atoms with Crippen LogP contribution in [0.4, 0.5) is 5.69 Å². The molecule has 116 valence electrons. The topological polar surface area (TPSA) is 15.3 Å². The molecule has 21 heavy (non-hydrogen) atoms. The van der Waals surface area contributed by atoms with Gasteiger partial charge in [0, 0.05) is 24.8 Å². The van der Waals surface area contributed by atoms with Crippen molar-refractivity contribution in [3.8, 4) is 0 Å². The summed E-state index contributed by atoms with van der Waals surface area (Å²) < 4.78 is 0. The van der Waals surface area contributed by atoms with Crippen LogP contribution in [0.15, 0.2) is 18.2 Å². The van der Waals surface area contributed by atoms with E-state index in [-0.39, 0.29) is 0 Å². The van der Waals surface area contributed by atoms with Gasteiger partial charge in [0.25, 0.3) is 0 Å². The molecule has 0 aromatic heterocycles. The highest BCUT2D eigenvalue weighted by molar-refractivity contribution is 5.52. The van der Waals surface area contributed by atoms with E-state index in [9.17, 15) is 0 Å². The molecular weight excluding hydrogens is 256 g/mol. The summed E-state index contributed by atoms with van der Waals surface area (Å²) in [5, 5.41) is 3.44. The van der Waals surface area contributed by atoms with Gasteiger partial charge in [-0.05, 0) is 68.3 Å². The van der Waals surface area contributed by atoms with Crippen molar-refractivity contribution in [2.75, 3.05) is 18.0 Å². The Labute approximate surface area is 129 Å². The third kappa shape index (κ3) is 3.26. The smallest absolute Gasteiger partial charge is 0.0371 e. The second-order valence-corrected chi connectivity index (χ2v) is 6.84. The fraction of sp³-hybridized carbons (Fsp3) is 0.684. The summed E-state index contributed by atoms with van der Waals surface area (Å²) in [6.45, 7) is 7.72. The van der Waals surface area contributed by atoms with Crippen molar-refractivity contribution in [2.45, 2.75) is 65.0 Å². The number of benzene rings is 1. The van der Waals surface area contributed by atoms with Crippen molar-refractivity contribution in [1.82, 2.24) is 5.32 Å². The molecule has 2 aliphatic rings. The summed E-state index contributed by atoms with van der Waals surface area (Å²) in [4.78, 5) is 2.72. The second kappa shape index (κ2) is 6.83. The monoisotopic (exact) mass is 286 g/mol. The van der Waals surface area contributed by atoms with Gasteiger partial charge in [-0.25, -0.2) is 0 Å². The predicted molar refractivity (Wildman–Crippen MR) is 90.9 cm³/mol. The zero-order valence-corrected chi connectivity index (χ0v) is 13.7. The molecule has 2 nitrogen and oxygen atoms in total. The quantitative estimate of drug-likeness (QED) is 0.889. The van der Waals surface area contributed by atoms with E-state index in [1.54, 1.807) is 0 Å². The van der Waals surface area contributed by atoms with Crippen LogP contribution in [-0.4, -0.2) is 19.1 Å². The van der Waals surface area contributed by atoms with E-state index in [0.717, 1.165) is 25.0 Å². The third-order valence-electron chi connectivity index (χ3n) is 5.47. The van der Waals surface area contributed by atoms with Crippen LogP contribution in [0.3, 0.4) is 0 Å². The zero-order valence-electron chi connectivity index (χ0n) is 13.7. The molecule has 1 aromatic carbocycles. The lowest BCUT2D eigenvalue weighted by molar-refractivity contribution is 0.244. The molecular formula is C19H30N2. The summed E-state index contributed by atoms with van der Waals surface area (Å²) >= 11 is 0. The van der Waals surface area contributed by atoms with Crippen molar-refractivity contribution < 1.29 is 0 Å². The van der Waals surface area contributed by atoms with Gasteiger partial charge in [-0.15, -0.1) is 0 Å². The summed E-state index contributed by atoms with van der Waals surface area (Å²) in [6.07, 6.45) is 8.57. The first-order valence-electron chi connectivity index (χ1n) is 8.86. The van der Waals surface area contributed by atoms with Crippen LogP contribution in [-0.2, 0) is 6.54 Å². The second-order valence-electron chi connectivity index (χ2n) is 6.84. The zero-order chi connectivity index (χ0) is 14.7. The molecule has 3 rings (SSSR count). The minimum absolute atomic E-state index is 0.812. The summed E-state index contributed by atoms with van der Waals surface area (Å²) in [7, 11) is 0. The largest absolute Gasteiger partial charge is 0.368 e. The molecule has 1 saturated carbocycles. The molecule has 2 atom stereocenters. The van der Waals surface area contributed by atoms with E-state index in [0.29, 0.717) is 0 Å². The van der Waals surface area contributed by atoms with Crippen molar-refractivity contribution in [1.29, 1.82) is 0 Å². The number of rotatable bonds is 4. The van der Waals surface area contributed by atoms with Gasteiger partial charge in [0.2, 0.25) is 0 Å². The van der Waals surface area contributed by atoms with Crippen molar-refractivity contribution in [2.24, 2.45) is 5.92 Å². The van der Waals surface area contributed by atoms with Gasteiger partial charge in [0.05, 0.1) is 0 Å². The molecule has 1 heterocycles. The molecule has 2 fully saturated rings. The van der Waals surface area contributed by atoms with Crippen molar-refractivity contribution >= 4 is 5.69 Å². The Kier molecular flexibility index (Phi) is 4.84. The van der Waals surface area contributed by atoms with Crippen molar-refractivity contribution in [3.05, 3.63) is 29.3 Å². The molecule has 2 unspecified atom stereocenters. The first kappa shape index (κ1) is 14.9. The van der Waals surface area contributed by atoms with Gasteiger partial charge in [-0.2, -0.15) is 0 Å². The highest BCUT2D eigenvalue weighted by Crippen LogP contribution is 2.38. The van der Waals surface area contributed by atoms with Crippen LogP contribution < -0.4 is 10.2 Å². The Morgan fingerprint density at radius 1 is 1.14 bits per heavy atom. The van der Waals surface area contributed by atoms with E-state index >= 15 is 0 Å². The van der Waals surface area contributed by atoms with Crippen molar-refractivity contribution in [3.63, 3.8) is 0 Å². The maximum atomic E-state index is 3.44. The summed E-state index contributed by atoms with van der Waals surface area (Å²) in [5.74, 6) is 0.953. The van der Waals surface area contributed by atoms with Gasteiger partial charge in [-0.3, -0.25) is 0 Å². The van der Waals surface area contributed by atoms with E-state index in [2.05, 4.69) is 42.3 Å². The molecule has 2 heteroatoms. The fourth-order valence-electron chi connectivity index (χ4n) is 4.26. The van der Waals surface area contributed by atoms with Gasteiger partial charge < -0.3 is 10.2 Å². The highest BCUT2D eigenvalue weighted by Gasteiger charge is 2.33. The lowest BCUT2D eigenvalue weighted by Crippen LogP contribution is -2.46. The summed E-state index contributed by atoms with van der Waals surface area (Å²) in [6, 6.07) is 7.92. The Morgan fingerprint density at radius 2 is 1.95 bits per heavy atom. The van der Waals surface area contributed by atoms with Gasteiger partial charge in [0.1, 0.15) is 0 Å². The minimum Gasteiger partial charge on any atom is -0.368 e. The van der Waals surface area contributed by atoms with Crippen LogP contribution in [0.2, 0.25) is 0 Å². The molecule has 1 aromatic rings. The van der Waals surface area contributed by atoms with Crippen LogP contribution in [0.5, 0.6) is 0 Å². The van der Waals surface area contributed by atoms with Gasteiger partial charge in [0.15, 0.2) is 0 Å². The molecule has 1 N–H and O–H groups in total. The molecule has 1 aliphatic carbocycles. The lowest BCUT2D eigenvalue weighted by atomic mass is 9.78. The molecule has 0 radical (unpaired) electrons. The Bertz CT molecular complexity index is 467. The Hall–Kier alpha value is -1.02. The molecule has 0 spiro atoms. The standard InChI is InChI=1S/C19H30N2/c1-3-20-14-17-10-11-18(13-15(17)2)21-12-6-8-16-7-4-5-9-19(16)21/h10-11,13,16,19-20H,3-9,12,14H2,1-2H3. The molecule has 1 saturated heterocycles. The van der Waals surface area contributed by atoms with Crippen LogP contribution >= 0.6 is 0 Å². The van der Waals surface area contributed by atoms with E-state index in [1.807, 2.05) is 0 Å². The maximum Gasteiger partial charge on any atom is 0.0371 e. The van der Waals surface area contributed by atoms with E-state index in [1.165, 1.54) is 61.9 Å². The number of anilines is 1. The average molecular weight is 286 g/mol. The average Bonchev–Trinajstić information content (AvgIpc) is 2.53. The number of nitrogens with one attached hydrogen (secondary N) is 1. The van der Waals surface area contributed by atoms with Crippen LogP contribution in [0, 0.1) is 12.8 Å². The maximum absolute atomic E-state index is 3.44. The number of aryl methyl sites for hydroxylation is 1. The van der Waals surface area contributed by atoms with Gasteiger partial charge in [-0.1, -0.05) is 25.8 Å². The number of nitrogens with zero attached hydrogens (tertiary/aromatic N) is 1. The Morgan fingerprint density at radius 3 is 2.76 bits per heavy atom. The van der Waals surface area contributed by atoms with Crippen LogP contribution in [0.1, 0.15) is 56.6 Å². The SMILES string of the molecule is CCNCc1ccc(N2CCCC3CCCCC32)cc1C. The number of hydrogen-bond donors (Lipinski definition) is 1. The minimum atomic E-state index is 0.812.